The second kappa shape index (κ2) is 9.85. The average Bonchev–Trinajstić information content (AvgIpc) is 2.93. The molecule has 42 heavy (non-hydrogen) atoms. The van der Waals surface area contributed by atoms with E-state index in [1.807, 2.05) is 30.3 Å². The molecule has 0 bridgehead atoms. The number of anilines is 1. The molecule has 0 aromatic heterocycles. The van der Waals surface area contributed by atoms with Crippen molar-refractivity contribution in [2.75, 3.05) is 5.32 Å². The maximum absolute atomic E-state index is 14.9. The van der Waals surface area contributed by atoms with Gasteiger partial charge in [-0.3, -0.25) is 19.8 Å². The number of fused-ring (bicyclic) bond motifs is 6. The standard InChI is InChI=1S/C35H44N2O5/c1-32-15-5-17-34(3,28(32)13-9-22-7-11-24(19-26(22)32)36-31(41)42)30(40)37(21-38)35(4)18-6-16-33(2)27-20-25(39)12-8-23(27)10-14-29(33)35/h7-8,11-12,19-21,28-29,36,39H,5-6,9-10,13-18H2,1-4H3,(H,41,42)/t28-,29-,32-,33-,34+,35+/m1/s1. The number of carbonyl (C=O) groups excluding carboxylic acids is 2. The molecule has 2 aromatic rings. The van der Waals surface area contributed by atoms with Gasteiger partial charge >= 0.3 is 6.09 Å². The van der Waals surface area contributed by atoms with Gasteiger partial charge in [0.05, 0.1) is 11.0 Å². The Balaban J connectivity index is 1.37. The SMILES string of the molecule is C[C@]1(N(C=O)C(=O)[C@@]2(C)CCC[C@]3(C)c4cc(NC(=O)O)ccc4CC[C@@H]23)CCC[C@]2(C)c3cc(O)ccc3CC[C@@H]12. The van der Waals surface area contributed by atoms with Crippen LogP contribution in [0.5, 0.6) is 5.75 Å². The smallest absolute Gasteiger partial charge is 0.409 e. The molecule has 6 atom stereocenters. The van der Waals surface area contributed by atoms with Crippen molar-refractivity contribution in [1.82, 2.24) is 4.90 Å². The van der Waals surface area contributed by atoms with Crippen molar-refractivity contribution in [2.45, 2.75) is 108 Å². The van der Waals surface area contributed by atoms with Crippen molar-refractivity contribution in [3.05, 3.63) is 58.7 Å². The van der Waals surface area contributed by atoms with Gasteiger partial charge in [-0.25, -0.2) is 4.79 Å². The number of carbonyl (C=O) groups is 3. The fourth-order valence-corrected chi connectivity index (χ4v) is 10.3. The van der Waals surface area contributed by atoms with E-state index in [1.165, 1.54) is 11.1 Å². The number of aromatic hydroxyl groups is 1. The molecule has 4 aliphatic carbocycles. The molecule has 0 saturated heterocycles. The number of nitrogens with one attached hydrogen (secondary N) is 1. The van der Waals surface area contributed by atoms with E-state index in [9.17, 15) is 24.6 Å². The van der Waals surface area contributed by atoms with Crippen molar-refractivity contribution in [3.63, 3.8) is 0 Å². The van der Waals surface area contributed by atoms with Crippen LogP contribution < -0.4 is 5.32 Å². The lowest BCUT2D eigenvalue weighted by Gasteiger charge is -2.60. The van der Waals surface area contributed by atoms with Crippen LogP contribution in [-0.4, -0.2) is 39.1 Å². The van der Waals surface area contributed by atoms with Crippen LogP contribution in [0, 0.1) is 17.3 Å². The van der Waals surface area contributed by atoms with Crippen LogP contribution in [0.15, 0.2) is 36.4 Å². The Kier molecular flexibility index (Phi) is 6.74. The Labute approximate surface area is 248 Å². The molecule has 3 N–H and O–H groups in total. The van der Waals surface area contributed by atoms with E-state index >= 15 is 0 Å². The molecule has 4 aliphatic rings. The second-order valence-electron chi connectivity index (χ2n) is 14.4. The van der Waals surface area contributed by atoms with E-state index in [0.717, 1.165) is 81.7 Å². The summed E-state index contributed by atoms with van der Waals surface area (Å²) < 4.78 is 0. The van der Waals surface area contributed by atoms with Gasteiger partial charge in [0.1, 0.15) is 5.75 Å². The third-order valence-corrected chi connectivity index (χ3v) is 12.3. The summed E-state index contributed by atoms with van der Waals surface area (Å²) >= 11 is 0. The van der Waals surface area contributed by atoms with E-state index in [0.29, 0.717) is 5.69 Å². The number of hydrogen-bond acceptors (Lipinski definition) is 4. The van der Waals surface area contributed by atoms with Crippen LogP contribution >= 0.6 is 0 Å². The zero-order valence-corrected chi connectivity index (χ0v) is 25.3. The molecule has 224 valence electrons. The van der Waals surface area contributed by atoms with Crippen molar-refractivity contribution in [2.24, 2.45) is 17.3 Å². The molecule has 2 fully saturated rings. The lowest BCUT2D eigenvalue weighted by Crippen LogP contribution is -2.66. The van der Waals surface area contributed by atoms with E-state index < -0.39 is 17.0 Å². The zero-order valence-electron chi connectivity index (χ0n) is 25.3. The van der Waals surface area contributed by atoms with Crippen LogP contribution in [0.4, 0.5) is 10.5 Å². The predicted octanol–water partition coefficient (Wildman–Crippen LogP) is 6.94. The number of phenols is 1. The molecule has 7 heteroatoms. The molecule has 0 radical (unpaired) electrons. The lowest BCUT2D eigenvalue weighted by molar-refractivity contribution is -0.166. The number of carboxylic acid groups (broad SMARTS) is 1. The molecule has 0 aliphatic heterocycles. The van der Waals surface area contributed by atoms with E-state index in [1.54, 1.807) is 11.0 Å². The summed E-state index contributed by atoms with van der Waals surface area (Å²) in [5.41, 5.74) is 3.43. The molecule has 0 unspecified atom stereocenters. The Bertz CT molecular complexity index is 1450. The molecule has 2 saturated carbocycles. The maximum atomic E-state index is 14.9. The minimum Gasteiger partial charge on any atom is -0.508 e. The molecular weight excluding hydrogens is 528 g/mol. The maximum Gasteiger partial charge on any atom is 0.409 e. The van der Waals surface area contributed by atoms with Crippen molar-refractivity contribution >= 4 is 24.1 Å². The number of hydrogen-bond donors (Lipinski definition) is 3. The van der Waals surface area contributed by atoms with Crippen LogP contribution in [-0.2, 0) is 33.3 Å². The average molecular weight is 573 g/mol. The van der Waals surface area contributed by atoms with Gasteiger partial charge in [0, 0.05) is 5.69 Å². The number of nitrogens with zero attached hydrogens (tertiary/aromatic N) is 1. The first-order chi connectivity index (χ1) is 19.9. The lowest BCUT2D eigenvalue weighted by atomic mass is 9.48. The summed E-state index contributed by atoms with van der Waals surface area (Å²) in [5, 5.41) is 22.2. The Hall–Kier alpha value is -3.35. The van der Waals surface area contributed by atoms with Crippen LogP contribution in [0.1, 0.15) is 101 Å². The third-order valence-electron chi connectivity index (χ3n) is 12.3. The summed E-state index contributed by atoms with van der Waals surface area (Å²) in [6.45, 7) is 8.71. The highest BCUT2D eigenvalue weighted by atomic mass is 16.4. The highest BCUT2D eigenvalue weighted by Crippen LogP contribution is 2.60. The van der Waals surface area contributed by atoms with Crippen molar-refractivity contribution < 1.29 is 24.6 Å². The normalized spacial score (nSPS) is 35.0. The first kappa shape index (κ1) is 28.8. The quantitative estimate of drug-likeness (QED) is 0.344. The summed E-state index contributed by atoms with van der Waals surface area (Å²) in [6.07, 6.45) is 8.32. The van der Waals surface area contributed by atoms with Gasteiger partial charge in [0.2, 0.25) is 12.3 Å². The number of imide groups is 1. The second-order valence-corrected chi connectivity index (χ2v) is 14.4. The van der Waals surface area contributed by atoms with Crippen LogP contribution in [0.3, 0.4) is 0 Å². The molecule has 7 nitrogen and oxygen atoms in total. The number of aryl methyl sites for hydroxylation is 2. The van der Waals surface area contributed by atoms with Gasteiger partial charge < -0.3 is 10.2 Å². The summed E-state index contributed by atoms with van der Waals surface area (Å²) in [6, 6.07) is 11.5. The van der Waals surface area contributed by atoms with Crippen molar-refractivity contribution in [3.8, 4) is 5.75 Å². The van der Waals surface area contributed by atoms with Crippen molar-refractivity contribution in [1.29, 1.82) is 0 Å². The first-order valence-corrected chi connectivity index (χ1v) is 15.6. The molecule has 0 heterocycles. The number of phenolic OH excluding ortho intramolecular Hbond substituents is 1. The zero-order chi connectivity index (χ0) is 30.1. The summed E-state index contributed by atoms with van der Waals surface area (Å²) in [4.78, 5) is 41.0. The van der Waals surface area contributed by atoms with E-state index in [-0.39, 0.29) is 34.3 Å². The minimum atomic E-state index is -1.09. The molecule has 6 rings (SSSR count). The monoisotopic (exact) mass is 572 g/mol. The number of benzene rings is 2. The van der Waals surface area contributed by atoms with Gasteiger partial charge in [-0.05, 0) is 127 Å². The highest BCUT2D eigenvalue weighted by Gasteiger charge is 2.60. The van der Waals surface area contributed by atoms with E-state index in [4.69, 9.17) is 0 Å². The fourth-order valence-electron chi connectivity index (χ4n) is 10.3. The Morgan fingerprint density at radius 1 is 0.857 bits per heavy atom. The Morgan fingerprint density at radius 2 is 1.45 bits per heavy atom. The van der Waals surface area contributed by atoms with Gasteiger partial charge in [-0.1, -0.05) is 45.7 Å². The summed E-state index contributed by atoms with van der Waals surface area (Å²) in [7, 11) is 0. The molecule has 3 amide bonds. The molecule has 0 spiro atoms. The molecular formula is C35H44N2O5. The van der Waals surface area contributed by atoms with Gasteiger partial charge in [-0.2, -0.15) is 0 Å². The topological polar surface area (TPSA) is 107 Å². The number of amides is 3. The summed E-state index contributed by atoms with van der Waals surface area (Å²) in [5.74, 6) is 0.325. The first-order valence-electron chi connectivity index (χ1n) is 15.6. The van der Waals surface area contributed by atoms with E-state index in [2.05, 4.69) is 33.0 Å². The highest BCUT2D eigenvalue weighted by molar-refractivity contribution is 5.92. The minimum absolute atomic E-state index is 0.0314. The Morgan fingerprint density at radius 3 is 2.12 bits per heavy atom. The van der Waals surface area contributed by atoms with Crippen LogP contribution in [0.2, 0.25) is 0 Å². The fraction of sp³-hybridized carbons (Fsp3) is 0.571. The molecule has 2 aromatic carbocycles. The third kappa shape index (κ3) is 4.10. The van der Waals surface area contributed by atoms with Gasteiger partial charge in [0.25, 0.3) is 0 Å². The van der Waals surface area contributed by atoms with Gasteiger partial charge in [0.15, 0.2) is 0 Å². The predicted molar refractivity (Wildman–Crippen MR) is 162 cm³/mol. The largest absolute Gasteiger partial charge is 0.508 e. The van der Waals surface area contributed by atoms with Gasteiger partial charge in [-0.15, -0.1) is 0 Å². The number of rotatable bonds is 4. The van der Waals surface area contributed by atoms with Crippen LogP contribution in [0.25, 0.3) is 0 Å².